The third-order valence-corrected chi connectivity index (χ3v) is 3.96. The maximum atomic E-state index is 12.4. The molecule has 0 saturated heterocycles. The van der Waals surface area contributed by atoms with E-state index in [1.807, 2.05) is 18.2 Å². The van der Waals surface area contributed by atoms with E-state index in [1.54, 1.807) is 25.1 Å². The van der Waals surface area contributed by atoms with Gasteiger partial charge >= 0.3 is 0 Å². The van der Waals surface area contributed by atoms with Gasteiger partial charge in [-0.2, -0.15) is 0 Å². The zero-order valence-corrected chi connectivity index (χ0v) is 13.7. The Morgan fingerprint density at radius 1 is 0.880 bits per heavy atom. The van der Waals surface area contributed by atoms with E-state index in [1.165, 1.54) is 0 Å². The molecule has 0 fully saturated rings. The van der Waals surface area contributed by atoms with Crippen molar-refractivity contribution in [3.05, 3.63) is 36.4 Å². The third-order valence-electron chi connectivity index (χ3n) is 3.96. The van der Waals surface area contributed by atoms with Crippen LogP contribution in [0.15, 0.2) is 36.4 Å². The molecule has 7 heteroatoms. The van der Waals surface area contributed by atoms with Crippen LogP contribution in [0.3, 0.4) is 0 Å². The number of ether oxygens (including phenoxy) is 4. The normalized spacial score (nSPS) is 15.4. The molecule has 130 valence electrons. The van der Waals surface area contributed by atoms with Crippen LogP contribution in [0.5, 0.6) is 23.0 Å². The third kappa shape index (κ3) is 3.26. The lowest BCUT2D eigenvalue weighted by atomic mass is 10.2. The first-order chi connectivity index (χ1) is 12.2. The molecule has 2 aromatic rings. The molecule has 4 rings (SSSR count). The summed E-state index contributed by atoms with van der Waals surface area (Å²) < 4.78 is 21.6. The van der Waals surface area contributed by atoms with E-state index in [2.05, 4.69) is 10.6 Å². The van der Waals surface area contributed by atoms with E-state index in [9.17, 15) is 4.79 Å². The number of hydrogen-bond donors (Lipinski definition) is 2. The molecule has 1 atom stereocenters. The summed E-state index contributed by atoms with van der Waals surface area (Å²) in [6.07, 6.45) is 0. The summed E-state index contributed by atoms with van der Waals surface area (Å²) in [6.45, 7) is 3.05. The highest BCUT2D eigenvalue weighted by Gasteiger charge is 2.18. The van der Waals surface area contributed by atoms with Crippen molar-refractivity contribution in [3.8, 4) is 23.0 Å². The van der Waals surface area contributed by atoms with Crippen LogP contribution >= 0.6 is 0 Å². The van der Waals surface area contributed by atoms with Gasteiger partial charge in [-0.3, -0.25) is 4.79 Å². The molecular formula is C18H18N2O5. The molecule has 2 aromatic carbocycles. The van der Waals surface area contributed by atoms with Crippen molar-refractivity contribution in [1.82, 2.24) is 0 Å². The Balaban J connectivity index is 1.40. The second kappa shape index (κ2) is 6.43. The van der Waals surface area contributed by atoms with Crippen LogP contribution in [0.25, 0.3) is 0 Å². The molecule has 0 spiro atoms. The van der Waals surface area contributed by atoms with Crippen LogP contribution in [0.2, 0.25) is 0 Å². The van der Waals surface area contributed by atoms with E-state index in [0.29, 0.717) is 41.9 Å². The van der Waals surface area contributed by atoms with Crippen molar-refractivity contribution < 1.29 is 23.7 Å². The van der Waals surface area contributed by atoms with E-state index in [0.717, 1.165) is 5.69 Å². The fourth-order valence-corrected chi connectivity index (χ4v) is 2.67. The Hall–Kier alpha value is -3.09. The smallest absolute Gasteiger partial charge is 0.246 e. The summed E-state index contributed by atoms with van der Waals surface area (Å²) in [6, 6.07) is 10.4. The van der Waals surface area contributed by atoms with Gasteiger partial charge in [0.2, 0.25) is 12.7 Å². The quantitative estimate of drug-likeness (QED) is 0.889. The van der Waals surface area contributed by atoms with Gasteiger partial charge in [-0.05, 0) is 31.2 Å². The van der Waals surface area contributed by atoms with Crippen molar-refractivity contribution in [2.45, 2.75) is 13.0 Å². The molecular weight excluding hydrogens is 324 g/mol. The standard InChI is InChI=1S/C18H18N2O5/c1-11(19-12-2-5-15-17(8-12)25-10-24-15)18(21)20-13-3-4-14-16(9-13)23-7-6-22-14/h2-5,8-9,11,19H,6-7,10H2,1H3,(H,20,21)/t11-/m1/s1. The lowest BCUT2D eigenvalue weighted by Crippen LogP contribution is -2.31. The lowest BCUT2D eigenvalue weighted by molar-refractivity contribution is -0.116. The number of anilines is 2. The summed E-state index contributed by atoms with van der Waals surface area (Å²) in [5.74, 6) is 2.55. The van der Waals surface area contributed by atoms with Gasteiger partial charge in [0, 0.05) is 23.5 Å². The van der Waals surface area contributed by atoms with E-state index < -0.39 is 6.04 Å². The maximum absolute atomic E-state index is 12.4. The molecule has 0 radical (unpaired) electrons. The van der Waals surface area contributed by atoms with Gasteiger partial charge in [-0.15, -0.1) is 0 Å². The van der Waals surface area contributed by atoms with Crippen LogP contribution < -0.4 is 29.6 Å². The number of carbonyl (C=O) groups is 1. The number of nitrogens with one attached hydrogen (secondary N) is 2. The number of amides is 1. The van der Waals surface area contributed by atoms with Crippen LogP contribution in [-0.4, -0.2) is 32.0 Å². The Labute approximate surface area is 144 Å². The van der Waals surface area contributed by atoms with Crippen molar-refractivity contribution in [2.75, 3.05) is 30.6 Å². The van der Waals surface area contributed by atoms with Crippen molar-refractivity contribution >= 4 is 17.3 Å². The Kier molecular flexibility index (Phi) is 3.97. The minimum absolute atomic E-state index is 0.158. The summed E-state index contributed by atoms with van der Waals surface area (Å²) in [5.41, 5.74) is 1.45. The molecule has 1 amide bonds. The highest BCUT2D eigenvalue weighted by Crippen LogP contribution is 2.35. The average Bonchev–Trinajstić information content (AvgIpc) is 3.09. The van der Waals surface area contributed by atoms with Gasteiger partial charge < -0.3 is 29.6 Å². The summed E-state index contributed by atoms with van der Waals surface area (Å²) in [4.78, 5) is 12.4. The predicted molar refractivity (Wildman–Crippen MR) is 91.7 cm³/mol. The topological polar surface area (TPSA) is 78.1 Å². The molecule has 0 unspecified atom stereocenters. The fraction of sp³-hybridized carbons (Fsp3) is 0.278. The van der Waals surface area contributed by atoms with Gasteiger partial charge in [0.15, 0.2) is 23.0 Å². The highest BCUT2D eigenvalue weighted by molar-refractivity contribution is 5.96. The molecule has 0 saturated carbocycles. The number of carbonyl (C=O) groups excluding carboxylic acids is 1. The molecule has 7 nitrogen and oxygen atoms in total. The molecule has 0 aromatic heterocycles. The fourth-order valence-electron chi connectivity index (χ4n) is 2.67. The molecule has 0 bridgehead atoms. The van der Waals surface area contributed by atoms with Crippen LogP contribution in [0, 0.1) is 0 Å². The van der Waals surface area contributed by atoms with E-state index >= 15 is 0 Å². The van der Waals surface area contributed by atoms with Crippen LogP contribution in [-0.2, 0) is 4.79 Å². The van der Waals surface area contributed by atoms with Gasteiger partial charge in [0.1, 0.15) is 19.3 Å². The highest BCUT2D eigenvalue weighted by atomic mass is 16.7. The average molecular weight is 342 g/mol. The zero-order chi connectivity index (χ0) is 17.2. The maximum Gasteiger partial charge on any atom is 0.246 e. The minimum Gasteiger partial charge on any atom is -0.486 e. The molecule has 2 heterocycles. The number of fused-ring (bicyclic) bond motifs is 2. The van der Waals surface area contributed by atoms with Crippen molar-refractivity contribution in [1.29, 1.82) is 0 Å². The SMILES string of the molecule is C[C@@H](Nc1ccc2c(c1)OCO2)C(=O)Nc1ccc2c(c1)OCCO2. The Morgan fingerprint density at radius 2 is 1.48 bits per heavy atom. The Morgan fingerprint density at radius 3 is 2.32 bits per heavy atom. The van der Waals surface area contributed by atoms with Crippen molar-refractivity contribution in [2.24, 2.45) is 0 Å². The molecule has 0 aliphatic carbocycles. The van der Waals surface area contributed by atoms with E-state index in [-0.39, 0.29) is 12.7 Å². The summed E-state index contributed by atoms with van der Waals surface area (Å²) in [7, 11) is 0. The summed E-state index contributed by atoms with van der Waals surface area (Å²) >= 11 is 0. The number of hydrogen-bond acceptors (Lipinski definition) is 6. The van der Waals surface area contributed by atoms with Gasteiger partial charge in [0.05, 0.1) is 0 Å². The summed E-state index contributed by atoms with van der Waals surface area (Å²) in [5, 5.41) is 6.02. The number of rotatable bonds is 4. The number of benzene rings is 2. The first kappa shape index (κ1) is 15.4. The first-order valence-corrected chi connectivity index (χ1v) is 8.06. The van der Waals surface area contributed by atoms with Gasteiger partial charge in [-0.1, -0.05) is 0 Å². The van der Waals surface area contributed by atoms with Crippen LogP contribution in [0.4, 0.5) is 11.4 Å². The minimum atomic E-state index is -0.437. The first-order valence-electron chi connectivity index (χ1n) is 8.06. The second-order valence-electron chi connectivity index (χ2n) is 5.78. The Bertz CT molecular complexity index is 808. The monoisotopic (exact) mass is 342 g/mol. The van der Waals surface area contributed by atoms with Gasteiger partial charge in [0.25, 0.3) is 0 Å². The predicted octanol–water partition coefficient (Wildman–Crippen LogP) is 2.63. The zero-order valence-electron chi connectivity index (χ0n) is 13.7. The largest absolute Gasteiger partial charge is 0.486 e. The van der Waals surface area contributed by atoms with Crippen LogP contribution in [0.1, 0.15) is 6.92 Å². The molecule has 25 heavy (non-hydrogen) atoms. The van der Waals surface area contributed by atoms with Gasteiger partial charge in [-0.25, -0.2) is 0 Å². The lowest BCUT2D eigenvalue weighted by Gasteiger charge is -2.20. The second-order valence-corrected chi connectivity index (χ2v) is 5.78. The molecule has 2 N–H and O–H groups in total. The molecule has 2 aliphatic heterocycles. The molecule has 2 aliphatic rings. The van der Waals surface area contributed by atoms with E-state index in [4.69, 9.17) is 18.9 Å². The van der Waals surface area contributed by atoms with Crippen molar-refractivity contribution in [3.63, 3.8) is 0 Å².